The second kappa shape index (κ2) is 10.5. The lowest BCUT2D eigenvalue weighted by atomic mass is 9.87. The maximum atomic E-state index is 13.9. The van der Waals surface area contributed by atoms with Crippen molar-refractivity contribution in [2.45, 2.75) is 38.6 Å². The van der Waals surface area contributed by atoms with Crippen molar-refractivity contribution in [3.05, 3.63) is 70.7 Å². The third-order valence-electron chi connectivity index (χ3n) is 6.70. The molecule has 1 saturated heterocycles. The average Bonchev–Trinajstić information content (AvgIpc) is 3.23. The molecule has 0 aliphatic carbocycles. The smallest absolute Gasteiger partial charge is 0.245 e. The minimum absolute atomic E-state index is 0.206. The molecule has 1 aliphatic rings. The van der Waals surface area contributed by atoms with Crippen molar-refractivity contribution in [3.8, 4) is 0 Å². The average molecular weight is 472 g/mol. The molecule has 3 aromatic rings. The number of carbonyl (C=O) groups is 2. The molecule has 4 rings (SSSR count). The number of piperidine rings is 1. The molecule has 0 unspecified atom stereocenters. The molecule has 1 aromatic heterocycles. The summed E-state index contributed by atoms with van der Waals surface area (Å²) in [6, 6.07) is 8.61. The van der Waals surface area contributed by atoms with Gasteiger partial charge in [-0.3, -0.25) is 9.59 Å². The number of carbonyl (C=O) groups excluding carboxylic acids is 2. The van der Waals surface area contributed by atoms with Crippen LogP contribution in [0, 0.1) is 19.7 Å². The van der Waals surface area contributed by atoms with Crippen LogP contribution in [-0.4, -0.2) is 49.8 Å². The number of hydrogen-bond acceptors (Lipinski definition) is 3. The summed E-state index contributed by atoms with van der Waals surface area (Å²) in [7, 11) is 5.95. The molecule has 1 aliphatic heterocycles. The van der Waals surface area contributed by atoms with Gasteiger partial charge in [0.1, 0.15) is 19.2 Å². The highest BCUT2D eigenvalue weighted by Crippen LogP contribution is 2.24. The number of benzene rings is 2. The molecular weight excluding hydrogens is 442 g/mol. The molecule has 2 aromatic carbocycles. The summed E-state index contributed by atoms with van der Waals surface area (Å²) in [5.74, 6) is -0.816. The molecule has 180 valence electrons. The lowest BCUT2D eigenvalue weighted by molar-refractivity contribution is -0.133. The number of rotatable bonds is 7. The Labute approximate surface area is 206 Å². The number of aromatic amines is 1. The maximum absolute atomic E-state index is 13.9. The van der Waals surface area contributed by atoms with Gasteiger partial charge in [-0.2, -0.15) is 0 Å². The number of halogens is 1. The Morgan fingerprint density at radius 1 is 1.14 bits per heavy atom. The van der Waals surface area contributed by atoms with E-state index in [1.165, 1.54) is 18.2 Å². The predicted octanol–water partition coefficient (Wildman–Crippen LogP) is 2.33. The van der Waals surface area contributed by atoms with Crippen LogP contribution < -0.4 is 21.4 Å². The van der Waals surface area contributed by atoms with Crippen molar-refractivity contribution in [3.63, 3.8) is 0 Å². The first-order valence-corrected chi connectivity index (χ1v) is 11.9. The third kappa shape index (κ3) is 5.65. The Morgan fingerprint density at radius 2 is 1.91 bits per heavy atom. The predicted molar refractivity (Wildman–Crippen MR) is 138 cm³/mol. The van der Waals surface area contributed by atoms with Crippen molar-refractivity contribution < 1.29 is 14.0 Å². The van der Waals surface area contributed by atoms with Gasteiger partial charge in [0, 0.05) is 29.7 Å². The van der Waals surface area contributed by atoms with Crippen LogP contribution in [0.2, 0.25) is 0 Å². The zero-order chi connectivity index (χ0) is 25.0. The van der Waals surface area contributed by atoms with E-state index in [0.717, 1.165) is 33.2 Å². The van der Waals surface area contributed by atoms with Gasteiger partial charge < -0.3 is 20.9 Å². The zero-order valence-electron chi connectivity index (χ0n) is 20.1. The molecular formula is C27H30BFN4O2. The lowest BCUT2D eigenvalue weighted by Crippen LogP contribution is -2.62. The van der Waals surface area contributed by atoms with Crippen molar-refractivity contribution in [2.24, 2.45) is 0 Å². The molecule has 6 nitrogen and oxygen atoms in total. The molecule has 0 bridgehead atoms. The number of aryl methyl sites for hydroxylation is 2. The Kier molecular flexibility index (Phi) is 7.41. The topological polar surface area (TPSA) is 86.0 Å². The van der Waals surface area contributed by atoms with Gasteiger partial charge >= 0.3 is 0 Å². The van der Waals surface area contributed by atoms with E-state index in [-0.39, 0.29) is 17.6 Å². The van der Waals surface area contributed by atoms with E-state index in [2.05, 4.69) is 20.9 Å². The van der Waals surface area contributed by atoms with E-state index in [0.29, 0.717) is 44.4 Å². The summed E-state index contributed by atoms with van der Waals surface area (Å²) in [6.45, 7) is 5.43. The number of H-pyrrole nitrogens is 1. The molecule has 2 amide bonds. The highest BCUT2D eigenvalue weighted by molar-refractivity contribution is 6.33. The molecule has 2 heterocycles. The Bertz CT molecular complexity index is 1280. The molecule has 0 spiro atoms. The minimum atomic E-state index is -0.984. The summed E-state index contributed by atoms with van der Waals surface area (Å²) in [5.41, 5.74) is 4.15. The van der Waals surface area contributed by atoms with Gasteiger partial charge in [-0.05, 0) is 81.1 Å². The highest BCUT2D eigenvalue weighted by atomic mass is 19.1. The molecule has 8 heteroatoms. The number of fused-ring (bicyclic) bond motifs is 1. The van der Waals surface area contributed by atoms with Gasteiger partial charge in [0.05, 0.1) is 0 Å². The quantitative estimate of drug-likeness (QED) is 0.315. The molecule has 0 saturated carbocycles. The van der Waals surface area contributed by atoms with Crippen LogP contribution in [0.4, 0.5) is 4.39 Å². The van der Waals surface area contributed by atoms with Crippen LogP contribution in [0.3, 0.4) is 0 Å². The summed E-state index contributed by atoms with van der Waals surface area (Å²) in [5, 5.41) is 10.0. The highest BCUT2D eigenvalue weighted by Gasteiger charge is 2.40. The van der Waals surface area contributed by atoms with E-state index in [1.54, 1.807) is 6.08 Å². The van der Waals surface area contributed by atoms with Gasteiger partial charge in [-0.25, -0.2) is 4.39 Å². The second-order valence-corrected chi connectivity index (χ2v) is 9.24. The van der Waals surface area contributed by atoms with Gasteiger partial charge in [-0.1, -0.05) is 29.2 Å². The Balaban J connectivity index is 1.41. The largest absolute Gasteiger partial charge is 0.361 e. The lowest BCUT2D eigenvalue weighted by Gasteiger charge is -2.36. The van der Waals surface area contributed by atoms with Crippen LogP contribution >= 0.6 is 0 Å². The van der Waals surface area contributed by atoms with Crippen LogP contribution in [0.25, 0.3) is 17.0 Å². The zero-order valence-corrected chi connectivity index (χ0v) is 20.1. The standard InChI is InChI=1S/C27H30BFN4O2/c1-17-3-4-19(14-23(17)28)5-6-24(34)33-27(8-11-30-12-9-27)26(35)31-10-7-20-16-32-25-18(2)13-21(29)15-22(20)25/h3-6,13-16,30,32H,7-12H2,1-2H3,(H,31,35)(H,33,34)/b6-5+. The third-order valence-corrected chi connectivity index (χ3v) is 6.70. The first-order valence-electron chi connectivity index (χ1n) is 11.9. The number of aromatic nitrogens is 1. The fourth-order valence-electron chi connectivity index (χ4n) is 4.59. The molecule has 2 radical (unpaired) electrons. The van der Waals surface area contributed by atoms with Crippen molar-refractivity contribution in [1.82, 2.24) is 20.9 Å². The second-order valence-electron chi connectivity index (χ2n) is 9.24. The monoisotopic (exact) mass is 472 g/mol. The van der Waals surface area contributed by atoms with E-state index in [4.69, 9.17) is 7.85 Å². The molecule has 35 heavy (non-hydrogen) atoms. The normalized spacial score (nSPS) is 15.4. The molecule has 4 N–H and O–H groups in total. The molecule has 0 atom stereocenters. The van der Waals surface area contributed by atoms with Crippen molar-refractivity contribution >= 4 is 42.1 Å². The van der Waals surface area contributed by atoms with Gasteiger partial charge in [0.15, 0.2) is 0 Å². The summed E-state index contributed by atoms with van der Waals surface area (Å²) in [4.78, 5) is 29.2. The van der Waals surface area contributed by atoms with Crippen LogP contribution in [0.5, 0.6) is 0 Å². The fourth-order valence-corrected chi connectivity index (χ4v) is 4.59. The SMILES string of the molecule is [B]c1cc(/C=C/C(=O)NC2(C(=O)NCCc3c[nH]c4c(C)cc(F)cc34)CCNCC2)ccc1C. The van der Waals surface area contributed by atoms with Crippen LogP contribution in [0.1, 0.15) is 35.1 Å². The maximum Gasteiger partial charge on any atom is 0.245 e. The summed E-state index contributed by atoms with van der Waals surface area (Å²) >= 11 is 0. The number of nitrogens with one attached hydrogen (secondary N) is 4. The first kappa shape index (κ1) is 24.7. The van der Waals surface area contributed by atoms with Crippen LogP contribution in [0.15, 0.2) is 42.6 Å². The molecule has 1 fully saturated rings. The number of amides is 2. The number of hydrogen-bond donors (Lipinski definition) is 4. The van der Waals surface area contributed by atoms with Gasteiger partial charge in [0.2, 0.25) is 11.8 Å². The van der Waals surface area contributed by atoms with Crippen molar-refractivity contribution in [1.29, 1.82) is 0 Å². The fraction of sp³-hybridized carbons (Fsp3) is 0.333. The first-order chi connectivity index (χ1) is 16.8. The Hall–Kier alpha value is -3.39. The summed E-state index contributed by atoms with van der Waals surface area (Å²) in [6.07, 6.45) is 6.51. The van der Waals surface area contributed by atoms with E-state index < -0.39 is 5.54 Å². The van der Waals surface area contributed by atoms with Crippen molar-refractivity contribution in [2.75, 3.05) is 19.6 Å². The summed E-state index contributed by atoms with van der Waals surface area (Å²) < 4.78 is 13.9. The van der Waals surface area contributed by atoms with E-state index in [9.17, 15) is 14.0 Å². The minimum Gasteiger partial charge on any atom is -0.361 e. The van der Waals surface area contributed by atoms with E-state index >= 15 is 0 Å². The van der Waals surface area contributed by atoms with Crippen LogP contribution in [-0.2, 0) is 16.0 Å². The Morgan fingerprint density at radius 3 is 2.66 bits per heavy atom. The van der Waals surface area contributed by atoms with Gasteiger partial charge in [-0.15, -0.1) is 0 Å². The van der Waals surface area contributed by atoms with Gasteiger partial charge in [0.25, 0.3) is 0 Å². The van der Waals surface area contributed by atoms with E-state index in [1.807, 2.05) is 38.2 Å².